The van der Waals surface area contributed by atoms with Crippen LogP contribution in [-0.2, 0) is 19.1 Å². The van der Waals surface area contributed by atoms with E-state index in [-0.39, 0.29) is 19.2 Å². The maximum Gasteiger partial charge on any atom is 0.330 e. The Balaban J connectivity index is 1.80. The molecule has 0 aliphatic heterocycles. The van der Waals surface area contributed by atoms with Crippen LogP contribution in [0.3, 0.4) is 0 Å². The van der Waals surface area contributed by atoms with Crippen LogP contribution in [0.5, 0.6) is 0 Å². The van der Waals surface area contributed by atoms with Crippen molar-refractivity contribution in [1.29, 1.82) is 5.26 Å². The highest BCUT2D eigenvalue weighted by atomic mass is 16.6. The highest BCUT2D eigenvalue weighted by Gasteiger charge is 2.31. The number of nitriles is 1. The van der Waals surface area contributed by atoms with Crippen LogP contribution in [0.4, 0.5) is 0 Å². The summed E-state index contributed by atoms with van der Waals surface area (Å²) in [7, 11) is 0. The number of hydrogen-bond donors (Lipinski definition) is 0. The minimum atomic E-state index is -0.487. The number of esters is 2. The Kier molecular flexibility index (Phi) is 9.02. The first-order valence-corrected chi connectivity index (χ1v) is 10.5. The third-order valence-electron chi connectivity index (χ3n) is 5.31. The molecule has 1 atom stereocenters. The van der Waals surface area contributed by atoms with Gasteiger partial charge in [0.1, 0.15) is 13.2 Å². The van der Waals surface area contributed by atoms with E-state index in [2.05, 4.69) is 6.07 Å². The smallest absolute Gasteiger partial charge is 0.330 e. The molecule has 0 radical (unpaired) electrons. The van der Waals surface area contributed by atoms with Crippen LogP contribution in [0.1, 0.15) is 51.2 Å². The Morgan fingerprint density at radius 3 is 2.10 bits per heavy atom. The molecule has 2 aromatic rings. The second-order valence-electron chi connectivity index (χ2n) is 7.61. The third kappa shape index (κ3) is 7.11. The van der Waals surface area contributed by atoms with Gasteiger partial charge in [-0.3, -0.25) is 4.79 Å². The van der Waals surface area contributed by atoms with Gasteiger partial charge in [0.25, 0.3) is 0 Å². The lowest BCUT2D eigenvalue weighted by atomic mass is 9.83. The zero-order valence-electron chi connectivity index (χ0n) is 18.4. The van der Waals surface area contributed by atoms with Gasteiger partial charge in [-0.25, -0.2) is 4.79 Å². The van der Waals surface area contributed by atoms with Gasteiger partial charge in [0.15, 0.2) is 0 Å². The van der Waals surface area contributed by atoms with E-state index in [4.69, 9.17) is 14.7 Å². The van der Waals surface area contributed by atoms with E-state index < -0.39 is 11.4 Å². The van der Waals surface area contributed by atoms with Gasteiger partial charge in [-0.1, -0.05) is 56.7 Å². The Morgan fingerprint density at radius 2 is 1.55 bits per heavy atom. The van der Waals surface area contributed by atoms with Gasteiger partial charge >= 0.3 is 11.9 Å². The maximum atomic E-state index is 12.2. The molecule has 162 valence electrons. The highest BCUT2D eigenvalue weighted by Crippen LogP contribution is 2.28. The lowest BCUT2D eigenvalue weighted by Crippen LogP contribution is -2.30. The predicted octanol–water partition coefficient (Wildman–Crippen LogP) is 5.54. The summed E-state index contributed by atoms with van der Waals surface area (Å²) in [6, 6.07) is 17.2. The van der Waals surface area contributed by atoms with Crippen molar-refractivity contribution in [3.8, 4) is 17.2 Å². The van der Waals surface area contributed by atoms with E-state index in [1.165, 1.54) is 6.08 Å². The van der Waals surface area contributed by atoms with Gasteiger partial charge in [0, 0.05) is 6.08 Å². The molecule has 0 fully saturated rings. The molecule has 0 aliphatic rings. The number of rotatable bonds is 10. The zero-order chi connectivity index (χ0) is 22.7. The van der Waals surface area contributed by atoms with Crippen LogP contribution < -0.4 is 0 Å². The molecule has 0 aliphatic carbocycles. The lowest BCUT2D eigenvalue weighted by molar-refractivity contribution is -0.159. The van der Waals surface area contributed by atoms with Gasteiger partial charge in [-0.15, -0.1) is 0 Å². The molecule has 2 aromatic carbocycles. The molecule has 1 unspecified atom stereocenters. The van der Waals surface area contributed by atoms with Crippen molar-refractivity contribution in [2.75, 3.05) is 13.2 Å². The normalized spacial score (nSPS) is 12.7. The van der Waals surface area contributed by atoms with Gasteiger partial charge in [0.2, 0.25) is 0 Å². The van der Waals surface area contributed by atoms with Gasteiger partial charge < -0.3 is 9.47 Å². The first-order chi connectivity index (χ1) is 14.9. The van der Waals surface area contributed by atoms with Crippen LogP contribution in [0, 0.1) is 16.7 Å². The maximum absolute atomic E-state index is 12.2. The van der Waals surface area contributed by atoms with Crippen molar-refractivity contribution in [2.24, 2.45) is 5.41 Å². The summed E-state index contributed by atoms with van der Waals surface area (Å²) in [4.78, 5) is 24.1. The van der Waals surface area contributed by atoms with Crippen LogP contribution in [0.15, 0.2) is 54.6 Å². The summed E-state index contributed by atoms with van der Waals surface area (Å²) < 4.78 is 10.4. The summed E-state index contributed by atoms with van der Waals surface area (Å²) in [5.41, 5.74) is 3.04. The second-order valence-corrected chi connectivity index (χ2v) is 7.61. The average Bonchev–Trinajstić information content (AvgIpc) is 2.80. The van der Waals surface area contributed by atoms with Crippen molar-refractivity contribution in [3.05, 3.63) is 65.7 Å². The highest BCUT2D eigenvalue weighted by molar-refractivity contribution is 5.87. The first kappa shape index (κ1) is 23.9. The van der Waals surface area contributed by atoms with E-state index >= 15 is 0 Å². The molecular formula is C26H29NO4. The molecule has 0 aromatic heterocycles. The lowest BCUT2D eigenvalue weighted by Gasteiger charge is -2.25. The van der Waals surface area contributed by atoms with E-state index in [0.717, 1.165) is 29.5 Å². The van der Waals surface area contributed by atoms with Crippen molar-refractivity contribution in [3.63, 3.8) is 0 Å². The number of hydrogen-bond acceptors (Lipinski definition) is 5. The van der Waals surface area contributed by atoms with Crippen LogP contribution in [0.25, 0.3) is 17.2 Å². The number of benzene rings is 2. The van der Waals surface area contributed by atoms with Crippen LogP contribution >= 0.6 is 0 Å². The van der Waals surface area contributed by atoms with Crippen molar-refractivity contribution < 1.29 is 19.1 Å². The molecule has 31 heavy (non-hydrogen) atoms. The number of ether oxygens (including phenoxy) is 2. The molecule has 0 saturated carbocycles. The van der Waals surface area contributed by atoms with Crippen LogP contribution in [0.2, 0.25) is 0 Å². The summed E-state index contributed by atoms with van der Waals surface area (Å²) in [6.07, 6.45) is 5.42. The molecule has 5 heteroatoms. The fourth-order valence-corrected chi connectivity index (χ4v) is 3.16. The van der Waals surface area contributed by atoms with E-state index in [1.807, 2.05) is 57.2 Å². The third-order valence-corrected chi connectivity index (χ3v) is 5.31. The summed E-state index contributed by atoms with van der Waals surface area (Å²) in [5.74, 6) is -0.732. The molecule has 0 amide bonds. The standard InChI is InChI=1S/C26H29NO4/c1-4-16-26(3,5-2)25(29)31-18-17-30-24(28)15-10-20-6-11-22(12-7-20)23-13-8-21(19-27)9-14-23/h6-15H,4-5,16-18H2,1-3H3/b15-10+. The van der Waals surface area contributed by atoms with Crippen molar-refractivity contribution >= 4 is 18.0 Å². The number of nitrogens with zero attached hydrogens (tertiary/aromatic N) is 1. The monoisotopic (exact) mass is 419 g/mol. The van der Waals surface area contributed by atoms with Crippen molar-refractivity contribution in [1.82, 2.24) is 0 Å². The number of carbonyl (C=O) groups excluding carboxylic acids is 2. The van der Waals surface area contributed by atoms with Crippen molar-refractivity contribution in [2.45, 2.75) is 40.0 Å². The minimum absolute atomic E-state index is 0.0263. The van der Waals surface area contributed by atoms with Gasteiger partial charge in [-0.2, -0.15) is 5.26 Å². The fraction of sp³-hybridized carbons (Fsp3) is 0.346. The Bertz CT molecular complexity index is 939. The molecule has 0 spiro atoms. The predicted molar refractivity (Wildman–Crippen MR) is 121 cm³/mol. The Hall–Kier alpha value is -3.39. The molecule has 0 N–H and O–H groups in total. The van der Waals surface area contributed by atoms with Crippen LogP contribution in [-0.4, -0.2) is 25.2 Å². The fourth-order valence-electron chi connectivity index (χ4n) is 3.16. The molecule has 0 bridgehead atoms. The largest absolute Gasteiger partial charge is 0.462 e. The molecule has 0 saturated heterocycles. The second kappa shape index (κ2) is 11.7. The van der Waals surface area contributed by atoms with E-state index in [1.54, 1.807) is 18.2 Å². The summed E-state index contributed by atoms with van der Waals surface area (Å²) in [6.45, 7) is 5.99. The average molecular weight is 420 g/mol. The first-order valence-electron chi connectivity index (χ1n) is 10.5. The topological polar surface area (TPSA) is 76.4 Å². The Morgan fingerprint density at radius 1 is 0.968 bits per heavy atom. The Labute approximate surface area is 184 Å². The number of carbonyl (C=O) groups is 2. The summed E-state index contributed by atoms with van der Waals surface area (Å²) >= 11 is 0. The van der Waals surface area contributed by atoms with E-state index in [0.29, 0.717) is 12.0 Å². The van der Waals surface area contributed by atoms with Gasteiger partial charge in [-0.05, 0) is 54.7 Å². The van der Waals surface area contributed by atoms with Gasteiger partial charge in [0.05, 0.1) is 17.0 Å². The minimum Gasteiger partial charge on any atom is -0.462 e. The molecule has 0 heterocycles. The molecule has 2 rings (SSSR count). The quantitative estimate of drug-likeness (QED) is 0.287. The molecular weight excluding hydrogens is 390 g/mol. The van der Waals surface area contributed by atoms with E-state index in [9.17, 15) is 9.59 Å². The molecule has 5 nitrogen and oxygen atoms in total. The SMILES string of the molecule is CCCC(C)(CC)C(=O)OCCOC(=O)/C=C/c1ccc(-c2ccc(C#N)cc2)cc1. The summed E-state index contributed by atoms with van der Waals surface area (Å²) in [5, 5.41) is 8.88. The zero-order valence-corrected chi connectivity index (χ0v) is 18.4.